The number of ether oxygens (including phenoxy) is 1. The van der Waals surface area contributed by atoms with Crippen LogP contribution in [0.3, 0.4) is 0 Å². The minimum Gasteiger partial charge on any atom is -0.383 e. The lowest BCUT2D eigenvalue weighted by molar-refractivity contribution is 0.170. The van der Waals surface area contributed by atoms with E-state index in [1.54, 1.807) is 7.11 Å². The number of benzene rings is 1. The van der Waals surface area contributed by atoms with E-state index in [-0.39, 0.29) is 6.04 Å². The van der Waals surface area contributed by atoms with Gasteiger partial charge in [-0.05, 0) is 31.2 Å². The Bertz CT molecular complexity index is 301. The van der Waals surface area contributed by atoms with Gasteiger partial charge in [-0.3, -0.25) is 0 Å². The third kappa shape index (κ3) is 2.71. The molecule has 14 heavy (non-hydrogen) atoms. The number of methoxy groups -OCH3 is 1. The monoisotopic (exact) mass is 213 g/mol. The first-order valence-corrected chi connectivity index (χ1v) is 4.99. The summed E-state index contributed by atoms with van der Waals surface area (Å²) >= 11 is 6.05. The van der Waals surface area contributed by atoms with Crippen LogP contribution in [0.25, 0.3) is 0 Å². The quantitative estimate of drug-likeness (QED) is 0.830. The van der Waals surface area contributed by atoms with Crippen LogP contribution in [0.5, 0.6) is 0 Å². The lowest BCUT2D eigenvalue weighted by Gasteiger charge is -2.16. The first-order valence-electron chi connectivity index (χ1n) is 4.61. The topological polar surface area (TPSA) is 21.3 Å². The molecule has 1 rings (SSSR count). The number of hydrogen-bond acceptors (Lipinski definition) is 2. The predicted octanol–water partition coefficient (Wildman–Crippen LogP) is 2.56. The fourth-order valence-corrected chi connectivity index (χ4v) is 1.53. The van der Waals surface area contributed by atoms with Crippen LogP contribution < -0.4 is 5.32 Å². The zero-order valence-electron chi connectivity index (χ0n) is 8.80. The highest BCUT2D eigenvalue weighted by Gasteiger charge is 2.09. The smallest absolute Gasteiger partial charge is 0.0657 e. The number of rotatable bonds is 4. The van der Waals surface area contributed by atoms with Crippen molar-refractivity contribution < 1.29 is 4.74 Å². The Balaban J connectivity index is 2.88. The fourth-order valence-electron chi connectivity index (χ4n) is 1.34. The third-order valence-electron chi connectivity index (χ3n) is 2.28. The molecular formula is C11H16ClNO. The van der Waals surface area contributed by atoms with Crippen molar-refractivity contribution in [3.05, 3.63) is 34.3 Å². The van der Waals surface area contributed by atoms with E-state index < -0.39 is 0 Å². The van der Waals surface area contributed by atoms with E-state index in [1.807, 2.05) is 26.1 Å². The van der Waals surface area contributed by atoms with Gasteiger partial charge in [-0.25, -0.2) is 0 Å². The predicted molar refractivity (Wildman–Crippen MR) is 59.9 cm³/mol. The summed E-state index contributed by atoms with van der Waals surface area (Å²) in [5.41, 5.74) is 2.26. The van der Waals surface area contributed by atoms with E-state index >= 15 is 0 Å². The molecule has 1 aromatic carbocycles. The van der Waals surface area contributed by atoms with Crippen LogP contribution in [-0.4, -0.2) is 20.8 Å². The Hall–Kier alpha value is -0.570. The number of nitrogens with one attached hydrogen (secondary N) is 1. The van der Waals surface area contributed by atoms with Crippen LogP contribution >= 0.6 is 11.6 Å². The first-order chi connectivity index (χ1) is 6.69. The van der Waals surface area contributed by atoms with Gasteiger partial charge < -0.3 is 10.1 Å². The molecule has 0 saturated heterocycles. The van der Waals surface area contributed by atoms with Gasteiger partial charge in [-0.2, -0.15) is 0 Å². The molecule has 2 nitrogen and oxygen atoms in total. The molecule has 1 unspecified atom stereocenters. The zero-order valence-corrected chi connectivity index (χ0v) is 9.56. The second-order valence-corrected chi connectivity index (χ2v) is 3.71. The highest BCUT2D eigenvalue weighted by atomic mass is 35.5. The first kappa shape index (κ1) is 11.5. The minimum atomic E-state index is 0.207. The summed E-state index contributed by atoms with van der Waals surface area (Å²) in [7, 11) is 3.61. The second kappa shape index (κ2) is 5.35. The molecule has 1 N–H and O–H groups in total. The molecule has 0 bridgehead atoms. The van der Waals surface area contributed by atoms with Crippen molar-refractivity contribution in [2.24, 2.45) is 0 Å². The molecule has 0 saturated carbocycles. The van der Waals surface area contributed by atoms with Gasteiger partial charge in [-0.15, -0.1) is 0 Å². The van der Waals surface area contributed by atoms with E-state index in [0.717, 1.165) is 16.1 Å². The Morgan fingerprint density at radius 3 is 2.71 bits per heavy atom. The summed E-state index contributed by atoms with van der Waals surface area (Å²) in [6.07, 6.45) is 0. The average Bonchev–Trinajstić information content (AvgIpc) is 2.19. The van der Waals surface area contributed by atoms with Gasteiger partial charge in [0, 0.05) is 12.1 Å². The van der Waals surface area contributed by atoms with Crippen molar-refractivity contribution in [3.63, 3.8) is 0 Å². The van der Waals surface area contributed by atoms with E-state index in [9.17, 15) is 0 Å². The van der Waals surface area contributed by atoms with Crippen LogP contribution in [0, 0.1) is 6.92 Å². The Morgan fingerprint density at radius 1 is 1.50 bits per heavy atom. The minimum absolute atomic E-state index is 0.207. The van der Waals surface area contributed by atoms with Crippen molar-refractivity contribution in [2.75, 3.05) is 20.8 Å². The van der Waals surface area contributed by atoms with Crippen molar-refractivity contribution in [3.8, 4) is 0 Å². The van der Waals surface area contributed by atoms with Crippen LogP contribution in [0.4, 0.5) is 0 Å². The molecule has 0 heterocycles. The van der Waals surface area contributed by atoms with E-state index in [2.05, 4.69) is 11.4 Å². The lowest BCUT2D eigenvalue weighted by Crippen LogP contribution is -2.21. The number of likely N-dealkylation sites (N-methyl/N-ethyl adjacent to an activating group) is 1. The molecule has 0 fully saturated rings. The molecule has 1 atom stereocenters. The Labute approximate surface area is 90.2 Å². The van der Waals surface area contributed by atoms with Crippen LogP contribution in [0.15, 0.2) is 18.2 Å². The van der Waals surface area contributed by atoms with Gasteiger partial charge >= 0.3 is 0 Å². The summed E-state index contributed by atoms with van der Waals surface area (Å²) in [4.78, 5) is 0. The maximum Gasteiger partial charge on any atom is 0.0657 e. The molecule has 0 radical (unpaired) electrons. The maximum absolute atomic E-state index is 6.05. The molecule has 0 aromatic heterocycles. The van der Waals surface area contributed by atoms with Gasteiger partial charge in [0.25, 0.3) is 0 Å². The molecule has 78 valence electrons. The summed E-state index contributed by atoms with van der Waals surface area (Å²) in [5, 5.41) is 3.99. The van der Waals surface area contributed by atoms with Gasteiger partial charge in [0.2, 0.25) is 0 Å². The van der Waals surface area contributed by atoms with Crippen molar-refractivity contribution in [1.29, 1.82) is 0 Å². The van der Waals surface area contributed by atoms with Crippen molar-refractivity contribution in [1.82, 2.24) is 5.32 Å². The number of hydrogen-bond donors (Lipinski definition) is 1. The largest absolute Gasteiger partial charge is 0.383 e. The number of aryl methyl sites for hydroxylation is 1. The zero-order chi connectivity index (χ0) is 10.6. The number of halogens is 1. The fraction of sp³-hybridized carbons (Fsp3) is 0.455. The summed E-state index contributed by atoms with van der Waals surface area (Å²) in [6, 6.07) is 6.29. The third-order valence-corrected chi connectivity index (χ3v) is 2.69. The summed E-state index contributed by atoms with van der Waals surface area (Å²) < 4.78 is 5.11. The maximum atomic E-state index is 6.05. The molecule has 0 aliphatic carbocycles. The van der Waals surface area contributed by atoms with Gasteiger partial charge in [-0.1, -0.05) is 23.7 Å². The molecule has 0 aliphatic rings. The lowest BCUT2D eigenvalue weighted by atomic mass is 10.1. The molecule has 0 amide bonds. The van der Waals surface area contributed by atoms with Crippen LogP contribution in [-0.2, 0) is 4.74 Å². The van der Waals surface area contributed by atoms with Gasteiger partial charge in [0.15, 0.2) is 0 Å². The average molecular weight is 214 g/mol. The SMILES string of the molecule is CNC(COC)c1ccc(C)c(Cl)c1. The standard InChI is InChI=1S/C11H16ClNO/c1-8-4-5-9(6-10(8)12)11(13-2)7-14-3/h4-6,11,13H,7H2,1-3H3. The van der Waals surface area contributed by atoms with Crippen molar-refractivity contribution in [2.45, 2.75) is 13.0 Å². The van der Waals surface area contributed by atoms with E-state index in [0.29, 0.717) is 6.61 Å². The highest BCUT2D eigenvalue weighted by Crippen LogP contribution is 2.21. The summed E-state index contributed by atoms with van der Waals surface area (Å²) in [5.74, 6) is 0. The molecule has 1 aromatic rings. The van der Waals surface area contributed by atoms with Gasteiger partial charge in [0.1, 0.15) is 0 Å². The molecule has 0 aliphatic heterocycles. The highest BCUT2D eigenvalue weighted by molar-refractivity contribution is 6.31. The molecule has 0 spiro atoms. The summed E-state index contributed by atoms with van der Waals surface area (Å²) in [6.45, 7) is 2.65. The van der Waals surface area contributed by atoms with Crippen LogP contribution in [0.1, 0.15) is 17.2 Å². The van der Waals surface area contributed by atoms with Crippen LogP contribution in [0.2, 0.25) is 5.02 Å². The molecular weight excluding hydrogens is 198 g/mol. The molecule has 3 heteroatoms. The Morgan fingerprint density at radius 2 is 2.21 bits per heavy atom. The Kier molecular flexibility index (Phi) is 4.39. The second-order valence-electron chi connectivity index (χ2n) is 3.31. The normalized spacial score (nSPS) is 12.9. The van der Waals surface area contributed by atoms with Crippen molar-refractivity contribution >= 4 is 11.6 Å². The van der Waals surface area contributed by atoms with E-state index in [1.165, 1.54) is 0 Å². The van der Waals surface area contributed by atoms with Gasteiger partial charge in [0.05, 0.1) is 12.6 Å². The van der Waals surface area contributed by atoms with E-state index in [4.69, 9.17) is 16.3 Å².